The first-order valence-electron chi connectivity index (χ1n) is 7.28. The van der Waals surface area contributed by atoms with E-state index in [2.05, 4.69) is 0 Å². The second-order valence-electron chi connectivity index (χ2n) is 6.17. The van der Waals surface area contributed by atoms with Gasteiger partial charge in [-0.25, -0.2) is 9.59 Å². The molecule has 4 heteroatoms. The Morgan fingerprint density at radius 1 is 1.00 bits per heavy atom. The molecular formula is C17H24O4. The van der Waals surface area contributed by atoms with Gasteiger partial charge in [0.25, 0.3) is 0 Å². The topological polar surface area (TPSA) is 52.6 Å². The van der Waals surface area contributed by atoms with E-state index in [1.165, 1.54) is 0 Å². The van der Waals surface area contributed by atoms with Crippen LogP contribution in [-0.4, -0.2) is 25.2 Å². The molecule has 0 N–H and O–H groups in total. The van der Waals surface area contributed by atoms with Crippen LogP contribution in [0.5, 0.6) is 0 Å². The third-order valence-corrected chi connectivity index (χ3v) is 2.73. The molecule has 21 heavy (non-hydrogen) atoms. The molecule has 0 atom stereocenters. The summed E-state index contributed by atoms with van der Waals surface area (Å²) in [5.74, 6) is -0.972. The van der Waals surface area contributed by atoms with Gasteiger partial charge in [-0.15, -0.1) is 0 Å². The summed E-state index contributed by atoms with van der Waals surface area (Å²) in [7, 11) is 0. The van der Waals surface area contributed by atoms with E-state index in [0.29, 0.717) is 13.2 Å². The molecule has 0 saturated carbocycles. The van der Waals surface area contributed by atoms with E-state index >= 15 is 0 Å². The number of ether oxygens (including phenoxy) is 2. The van der Waals surface area contributed by atoms with E-state index in [-0.39, 0.29) is 16.5 Å². The lowest BCUT2D eigenvalue weighted by atomic mass is 9.98. The van der Waals surface area contributed by atoms with E-state index < -0.39 is 11.9 Å². The summed E-state index contributed by atoms with van der Waals surface area (Å²) < 4.78 is 10.4. The van der Waals surface area contributed by atoms with Crippen LogP contribution in [0.4, 0.5) is 0 Å². The molecule has 116 valence electrons. The molecule has 4 nitrogen and oxygen atoms in total. The molecule has 0 radical (unpaired) electrons. The normalized spacial score (nSPS) is 11.0. The minimum absolute atomic E-state index is 0.119. The van der Waals surface area contributed by atoms with Gasteiger partial charge in [0.1, 0.15) is 0 Å². The van der Waals surface area contributed by atoms with Crippen LogP contribution in [0.2, 0.25) is 0 Å². The Kier molecular flexibility index (Phi) is 6.40. The van der Waals surface area contributed by atoms with Gasteiger partial charge in [-0.2, -0.15) is 0 Å². The van der Waals surface area contributed by atoms with Crippen molar-refractivity contribution in [1.82, 2.24) is 0 Å². The molecule has 1 rings (SSSR count). The smallest absolute Gasteiger partial charge is 0.339 e. The summed E-state index contributed by atoms with van der Waals surface area (Å²) in [6.45, 7) is 8.61. The summed E-state index contributed by atoms with van der Waals surface area (Å²) in [6.07, 6.45) is 1.75. The molecule has 0 unspecified atom stereocenters. The average molecular weight is 292 g/mol. The summed E-state index contributed by atoms with van der Waals surface area (Å²) in [4.78, 5) is 24.1. The van der Waals surface area contributed by atoms with E-state index in [9.17, 15) is 9.59 Å². The van der Waals surface area contributed by atoms with E-state index in [1.54, 1.807) is 24.3 Å². The molecule has 0 aliphatic rings. The van der Waals surface area contributed by atoms with Gasteiger partial charge in [0.2, 0.25) is 0 Å². The SMILES string of the molecule is CCCCOC(=O)c1ccccc1C(=O)OCC(C)(C)C. The molecule has 1 aromatic rings. The minimum atomic E-state index is -0.493. The molecule has 0 fully saturated rings. The second-order valence-corrected chi connectivity index (χ2v) is 6.17. The van der Waals surface area contributed by atoms with Crippen LogP contribution in [0.15, 0.2) is 24.3 Å². The number of esters is 2. The van der Waals surface area contributed by atoms with Crippen molar-refractivity contribution in [2.24, 2.45) is 5.41 Å². The highest BCUT2D eigenvalue weighted by Crippen LogP contribution is 2.17. The van der Waals surface area contributed by atoms with Crippen LogP contribution in [0, 0.1) is 5.41 Å². The average Bonchev–Trinajstić information content (AvgIpc) is 2.44. The Balaban J connectivity index is 2.78. The Morgan fingerprint density at radius 3 is 2.00 bits per heavy atom. The quantitative estimate of drug-likeness (QED) is 0.590. The van der Waals surface area contributed by atoms with Gasteiger partial charge in [-0.3, -0.25) is 0 Å². The maximum Gasteiger partial charge on any atom is 0.339 e. The van der Waals surface area contributed by atoms with Gasteiger partial charge in [-0.05, 0) is 24.0 Å². The van der Waals surface area contributed by atoms with Crippen molar-refractivity contribution in [2.45, 2.75) is 40.5 Å². The van der Waals surface area contributed by atoms with Crippen molar-refractivity contribution in [3.05, 3.63) is 35.4 Å². The molecule has 1 aromatic carbocycles. The van der Waals surface area contributed by atoms with Crippen LogP contribution in [-0.2, 0) is 9.47 Å². The predicted octanol–water partition coefficient (Wildman–Crippen LogP) is 3.85. The first kappa shape index (κ1) is 17.2. The lowest BCUT2D eigenvalue weighted by Gasteiger charge is -2.18. The van der Waals surface area contributed by atoms with Crippen LogP contribution < -0.4 is 0 Å². The standard InChI is InChI=1S/C17H24O4/c1-5-6-11-20-15(18)13-9-7-8-10-14(13)16(19)21-12-17(2,3)4/h7-10H,5-6,11-12H2,1-4H3. The van der Waals surface area contributed by atoms with Crippen molar-refractivity contribution in [3.63, 3.8) is 0 Å². The van der Waals surface area contributed by atoms with Crippen LogP contribution in [0.3, 0.4) is 0 Å². The lowest BCUT2D eigenvalue weighted by molar-refractivity contribution is 0.0353. The highest BCUT2D eigenvalue weighted by molar-refractivity contribution is 6.03. The maximum absolute atomic E-state index is 12.1. The van der Waals surface area contributed by atoms with Gasteiger partial charge in [0, 0.05) is 0 Å². The van der Waals surface area contributed by atoms with Crippen molar-refractivity contribution in [2.75, 3.05) is 13.2 Å². The minimum Gasteiger partial charge on any atom is -0.462 e. The van der Waals surface area contributed by atoms with Gasteiger partial charge in [0.15, 0.2) is 0 Å². The van der Waals surface area contributed by atoms with Gasteiger partial charge in [-0.1, -0.05) is 46.2 Å². The van der Waals surface area contributed by atoms with Crippen molar-refractivity contribution >= 4 is 11.9 Å². The van der Waals surface area contributed by atoms with Gasteiger partial charge < -0.3 is 9.47 Å². The number of benzene rings is 1. The van der Waals surface area contributed by atoms with Crippen molar-refractivity contribution < 1.29 is 19.1 Å². The molecular weight excluding hydrogens is 268 g/mol. The first-order valence-corrected chi connectivity index (χ1v) is 7.28. The number of unbranched alkanes of at least 4 members (excludes halogenated alkanes) is 1. The van der Waals surface area contributed by atoms with Gasteiger partial charge >= 0.3 is 11.9 Å². The van der Waals surface area contributed by atoms with Crippen molar-refractivity contribution in [1.29, 1.82) is 0 Å². The Bertz CT molecular complexity index is 486. The Hall–Kier alpha value is -1.84. The van der Waals surface area contributed by atoms with Gasteiger partial charge in [0.05, 0.1) is 24.3 Å². The summed E-state index contributed by atoms with van der Waals surface area (Å²) in [5.41, 5.74) is 0.391. The molecule has 0 aliphatic heterocycles. The number of hydrogen-bond donors (Lipinski definition) is 0. The summed E-state index contributed by atoms with van der Waals surface area (Å²) in [6, 6.07) is 6.58. The zero-order chi connectivity index (χ0) is 15.9. The maximum atomic E-state index is 12.1. The molecule has 0 bridgehead atoms. The fourth-order valence-electron chi connectivity index (χ4n) is 1.59. The predicted molar refractivity (Wildman–Crippen MR) is 81.4 cm³/mol. The third-order valence-electron chi connectivity index (χ3n) is 2.73. The summed E-state index contributed by atoms with van der Waals surface area (Å²) >= 11 is 0. The first-order chi connectivity index (χ1) is 9.85. The fourth-order valence-corrected chi connectivity index (χ4v) is 1.59. The molecule has 0 aromatic heterocycles. The second kappa shape index (κ2) is 7.81. The molecule has 0 saturated heterocycles. The zero-order valence-electron chi connectivity index (χ0n) is 13.3. The summed E-state index contributed by atoms with van der Waals surface area (Å²) in [5, 5.41) is 0. The van der Waals surface area contributed by atoms with Crippen LogP contribution in [0.25, 0.3) is 0 Å². The fraction of sp³-hybridized carbons (Fsp3) is 0.529. The third kappa shape index (κ3) is 5.98. The van der Waals surface area contributed by atoms with Crippen LogP contribution in [0.1, 0.15) is 61.3 Å². The van der Waals surface area contributed by atoms with Crippen LogP contribution >= 0.6 is 0 Å². The monoisotopic (exact) mass is 292 g/mol. The van der Waals surface area contributed by atoms with Crippen molar-refractivity contribution in [3.8, 4) is 0 Å². The number of rotatable bonds is 6. The highest BCUT2D eigenvalue weighted by Gasteiger charge is 2.21. The van der Waals surface area contributed by atoms with E-state index in [1.807, 2.05) is 27.7 Å². The molecule has 0 heterocycles. The number of carbonyl (C=O) groups excluding carboxylic acids is 2. The molecule has 0 spiro atoms. The van der Waals surface area contributed by atoms with E-state index in [0.717, 1.165) is 12.8 Å². The number of hydrogen-bond acceptors (Lipinski definition) is 4. The largest absolute Gasteiger partial charge is 0.462 e. The lowest BCUT2D eigenvalue weighted by Crippen LogP contribution is -2.20. The Labute approximate surface area is 126 Å². The van der Waals surface area contributed by atoms with E-state index in [4.69, 9.17) is 9.47 Å². The molecule has 0 amide bonds. The highest BCUT2D eigenvalue weighted by atomic mass is 16.5. The Morgan fingerprint density at radius 2 is 1.52 bits per heavy atom. The molecule has 0 aliphatic carbocycles. The zero-order valence-corrected chi connectivity index (χ0v) is 13.3. The number of carbonyl (C=O) groups is 2.